The smallest absolute Gasteiger partial charge is 0.242 e. The molecule has 0 atom stereocenters. The van der Waals surface area contributed by atoms with Crippen LogP contribution in [0, 0.1) is 0 Å². The molecular weight excluding hydrogens is 450 g/mol. The molecule has 1 N–H and O–H groups in total. The van der Waals surface area contributed by atoms with Crippen LogP contribution in [0.5, 0.6) is 0 Å². The van der Waals surface area contributed by atoms with Gasteiger partial charge in [0.2, 0.25) is 11.8 Å². The van der Waals surface area contributed by atoms with Gasteiger partial charge in [-0.2, -0.15) is 0 Å². The van der Waals surface area contributed by atoms with Gasteiger partial charge >= 0.3 is 0 Å². The summed E-state index contributed by atoms with van der Waals surface area (Å²) in [7, 11) is 0. The average Bonchev–Trinajstić information content (AvgIpc) is 3.07. The molecular formula is C22H24BrN3O2S. The number of fused-ring (bicyclic) bond motifs is 1. The third kappa shape index (κ3) is 5.42. The lowest BCUT2D eigenvalue weighted by Crippen LogP contribution is -2.33. The van der Waals surface area contributed by atoms with Crippen molar-refractivity contribution in [1.29, 1.82) is 0 Å². The number of hydrogen-bond donors (Lipinski definition) is 1. The SMILES string of the molecule is CCN(CC)C(=O)Cn1cc(SCC(=O)Nc2ccc(Br)cc2)c2ccccc21. The highest BCUT2D eigenvalue weighted by molar-refractivity contribution is 9.10. The highest BCUT2D eigenvalue weighted by atomic mass is 79.9. The zero-order chi connectivity index (χ0) is 20.8. The molecule has 0 spiro atoms. The number of thioether (sulfide) groups is 1. The first kappa shape index (κ1) is 21.5. The first-order chi connectivity index (χ1) is 14.0. The molecule has 0 radical (unpaired) electrons. The summed E-state index contributed by atoms with van der Waals surface area (Å²) >= 11 is 4.87. The number of aromatic nitrogens is 1. The largest absolute Gasteiger partial charge is 0.342 e. The van der Waals surface area contributed by atoms with E-state index in [-0.39, 0.29) is 11.8 Å². The van der Waals surface area contributed by atoms with Gasteiger partial charge < -0.3 is 14.8 Å². The second-order valence-electron chi connectivity index (χ2n) is 6.55. The Labute approximate surface area is 183 Å². The predicted octanol–water partition coefficient (Wildman–Crippen LogP) is 5.00. The number of carbonyl (C=O) groups is 2. The number of nitrogens with zero attached hydrogens (tertiary/aromatic N) is 2. The molecule has 2 aromatic carbocycles. The number of anilines is 1. The molecule has 2 amide bonds. The molecule has 3 aromatic rings. The number of rotatable bonds is 8. The lowest BCUT2D eigenvalue weighted by molar-refractivity contribution is -0.131. The number of carbonyl (C=O) groups excluding carboxylic acids is 2. The minimum Gasteiger partial charge on any atom is -0.342 e. The van der Waals surface area contributed by atoms with E-state index in [0.717, 1.165) is 26.0 Å². The molecule has 7 heteroatoms. The second kappa shape index (κ2) is 9.98. The minimum absolute atomic E-state index is 0.0617. The van der Waals surface area contributed by atoms with Crippen LogP contribution in [0.2, 0.25) is 0 Å². The van der Waals surface area contributed by atoms with Crippen molar-refractivity contribution in [3.05, 3.63) is 59.2 Å². The van der Waals surface area contributed by atoms with Gasteiger partial charge in [0.15, 0.2) is 0 Å². The highest BCUT2D eigenvalue weighted by Crippen LogP contribution is 2.30. The van der Waals surface area contributed by atoms with Gasteiger partial charge in [-0.25, -0.2) is 0 Å². The molecule has 29 heavy (non-hydrogen) atoms. The zero-order valence-electron chi connectivity index (χ0n) is 16.5. The minimum atomic E-state index is -0.0617. The van der Waals surface area contributed by atoms with Gasteiger partial charge in [-0.05, 0) is 44.2 Å². The van der Waals surface area contributed by atoms with Gasteiger partial charge in [0, 0.05) is 45.2 Å². The zero-order valence-corrected chi connectivity index (χ0v) is 18.9. The summed E-state index contributed by atoms with van der Waals surface area (Å²) in [6, 6.07) is 15.5. The number of likely N-dealkylation sites (N-methyl/N-ethyl adjacent to an activating group) is 1. The molecule has 0 saturated heterocycles. The maximum Gasteiger partial charge on any atom is 0.242 e. The number of halogens is 1. The first-order valence-electron chi connectivity index (χ1n) is 9.55. The summed E-state index contributed by atoms with van der Waals surface area (Å²) < 4.78 is 2.95. The lowest BCUT2D eigenvalue weighted by atomic mass is 10.2. The highest BCUT2D eigenvalue weighted by Gasteiger charge is 2.15. The number of nitrogens with one attached hydrogen (secondary N) is 1. The van der Waals surface area contributed by atoms with Crippen molar-refractivity contribution in [2.45, 2.75) is 25.3 Å². The van der Waals surface area contributed by atoms with Crippen LogP contribution >= 0.6 is 27.7 Å². The fourth-order valence-corrected chi connectivity index (χ4v) is 4.31. The fraction of sp³-hybridized carbons (Fsp3) is 0.273. The average molecular weight is 474 g/mol. The van der Waals surface area contributed by atoms with Gasteiger partial charge in [-0.15, -0.1) is 11.8 Å². The molecule has 0 aliphatic rings. The third-order valence-electron chi connectivity index (χ3n) is 4.66. The normalized spacial score (nSPS) is 10.9. The van der Waals surface area contributed by atoms with Crippen molar-refractivity contribution in [3.8, 4) is 0 Å². The van der Waals surface area contributed by atoms with Crippen molar-refractivity contribution in [2.24, 2.45) is 0 Å². The number of hydrogen-bond acceptors (Lipinski definition) is 3. The summed E-state index contributed by atoms with van der Waals surface area (Å²) in [6.45, 7) is 5.67. The van der Waals surface area contributed by atoms with E-state index < -0.39 is 0 Å². The van der Waals surface area contributed by atoms with E-state index in [1.807, 2.05) is 78.0 Å². The maximum atomic E-state index is 12.6. The van der Waals surface area contributed by atoms with E-state index in [9.17, 15) is 9.59 Å². The molecule has 0 unspecified atom stereocenters. The molecule has 0 fully saturated rings. The summed E-state index contributed by atoms with van der Waals surface area (Å²) in [6.07, 6.45) is 1.98. The Kier molecular flexibility index (Phi) is 7.39. The Morgan fingerprint density at radius 1 is 1.07 bits per heavy atom. The quantitative estimate of drug-likeness (QED) is 0.468. The summed E-state index contributed by atoms with van der Waals surface area (Å²) in [5.74, 6) is 0.335. The fourth-order valence-electron chi connectivity index (χ4n) is 3.15. The van der Waals surface area contributed by atoms with E-state index >= 15 is 0 Å². The molecule has 0 aliphatic carbocycles. The van der Waals surface area contributed by atoms with Crippen molar-refractivity contribution in [3.63, 3.8) is 0 Å². The Hall–Kier alpha value is -2.25. The third-order valence-corrected chi connectivity index (χ3v) is 6.23. The second-order valence-corrected chi connectivity index (χ2v) is 8.48. The number of para-hydroxylation sites is 1. The van der Waals surface area contributed by atoms with Gasteiger partial charge in [0.05, 0.1) is 5.75 Å². The molecule has 1 heterocycles. The Morgan fingerprint density at radius 3 is 2.45 bits per heavy atom. The maximum absolute atomic E-state index is 12.6. The molecule has 0 bridgehead atoms. The van der Waals surface area contributed by atoms with E-state index in [2.05, 4.69) is 21.2 Å². The Morgan fingerprint density at radius 2 is 1.76 bits per heavy atom. The van der Waals surface area contributed by atoms with E-state index in [0.29, 0.717) is 25.4 Å². The van der Waals surface area contributed by atoms with Crippen LogP contribution in [0.1, 0.15) is 13.8 Å². The van der Waals surface area contributed by atoms with Crippen molar-refractivity contribution < 1.29 is 9.59 Å². The Bertz CT molecular complexity index is 997. The molecule has 0 aliphatic heterocycles. The van der Waals surface area contributed by atoms with Crippen LogP contribution < -0.4 is 5.32 Å². The van der Waals surface area contributed by atoms with Gasteiger partial charge in [0.1, 0.15) is 6.54 Å². The molecule has 1 aromatic heterocycles. The first-order valence-corrected chi connectivity index (χ1v) is 11.3. The number of benzene rings is 2. The summed E-state index contributed by atoms with van der Waals surface area (Å²) in [4.78, 5) is 27.7. The van der Waals surface area contributed by atoms with Crippen molar-refractivity contribution in [1.82, 2.24) is 9.47 Å². The van der Waals surface area contributed by atoms with Crippen LogP contribution in [0.4, 0.5) is 5.69 Å². The van der Waals surface area contributed by atoms with Crippen LogP contribution in [-0.4, -0.2) is 40.1 Å². The van der Waals surface area contributed by atoms with E-state index in [1.54, 1.807) is 0 Å². The van der Waals surface area contributed by atoms with Gasteiger partial charge in [0.25, 0.3) is 0 Å². The van der Waals surface area contributed by atoms with Crippen molar-refractivity contribution >= 4 is 56.1 Å². The van der Waals surface area contributed by atoms with Gasteiger partial charge in [-0.3, -0.25) is 9.59 Å². The monoisotopic (exact) mass is 473 g/mol. The standard InChI is InChI=1S/C22H24BrN3O2S/c1-3-25(4-2)22(28)14-26-13-20(18-7-5-6-8-19(18)26)29-15-21(27)24-17-11-9-16(23)10-12-17/h5-13H,3-4,14-15H2,1-2H3,(H,24,27). The van der Waals surface area contributed by atoms with Crippen LogP contribution in [-0.2, 0) is 16.1 Å². The van der Waals surface area contributed by atoms with E-state index in [1.165, 1.54) is 11.8 Å². The Balaban J connectivity index is 1.71. The summed E-state index contributed by atoms with van der Waals surface area (Å²) in [5, 5.41) is 3.97. The molecule has 152 valence electrons. The van der Waals surface area contributed by atoms with Gasteiger partial charge in [-0.1, -0.05) is 34.1 Å². The van der Waals surface area contributed by atoms with Crippen LogP contribution in [0.15, 0.2) is 64.1 Å². The molecule has 0 saturated carbocycles. The van der Waals surface area contributed by atoms with Crippen LogP contribution in [0.25, 0.3) is 10.9 Å². The molecule has 5 nitrogen and oxygen atoms in total. The number of amides is 2. The molecule has 3 rings (SSSR count). The van der Waals surface area contributed by atoms with Crippen LogP contribution in [0.3, 0.4) is 0 Å². The van der Waals surface area contributed by atoms with Crippen molar-refractivity contribution in [2.75, 3.05) is 24.2 Å². The predicted molar refractivity (Wildman–Crippen MR) is 123 cm³/mol. The summed E-state index contributed by atoms with van der Waals surface area (Å²) in [5.41, 5.74) is 1.77. The lowest BCUT2D eigenvalue weighted by Gasteiger charge is -2.19. The van der Waals surface area contributed by atoms with E-state index in [4.69, 9.17) is 0 Å². The topological polar surface area (TPSA) is 54.3 Å².